The standard InChI is InChI=1S/C24H22N2O3/c1-18-7-9-19(10-8-18)13-16-23(27)25-26-24(28)21-14-11-20(12-15-21)17-29-22-5-3-2-4-6-22/h2-16H,17H2,1H3,(H,25,27)(H,26,28)/b16-13+. The Kier molecular flexibility index (Phi) is 6.79. The predicted molar refractivity (Wildman–Crippen MR) is 113 cm³/mol. The van der Waals surface area contributed by atoms with Crippen molar-refractivity contribution in [1.82, 2.24) is 10.9 Å². The molecule has 0 fully saturated rings. The summed E-state index contributed by atoms with van der Waals surface area (Å²) in [5.41, 5.74) is 8.21. The third-order valence-electron chi connectivity index (χ3n) is 4.17. The van der Waals surface area contributed by atoms with E-state index in [0.29, 0.717) is 12.2 Å². The van der Waals surface area contributed by atoms with Crippen LogP contribution in [-0.2, 0) is 11.4 Å². The van der Waals surface area contributed by atoms with E-state index in [-0.39, 0.29) is 0 Å². The molecule has 3 aromatic carbocycles. The molecular weight excluding hydrogens is 364 g/mol. The Morgan fingerprint density at radius 1 is 0.862 bits per heavy atom. The Labute approximate surface area is 170 Å². The molecule has 0 saturated carbocycles. The van der Waals surface area contributed by atoms with Crippen LogP contribution >= 0.6 is 0 Å². The first kappa shape index (κ1) is 19.9. The zero-order valence-electron chi connectivity index (χ0n) is 16.1. The van der Waals surface area contributed by atoms with Gasteiger partial charge in [0, 0.05) is 11.6 Å². The zero-order chi connectivity index (χ0) is 20.5. The van der Waals surface area contributed by atoms with Gasteiger partial charge in [0.1, 0.15) is 12.4 Å². The van der Waals surface area contributed by atoms with Crippen LogP contribution in [0.2, 0.25) is 0 Å². The molecule has 0 aliphatic carbocycles. The van der Waals surface area contributed by atoms with E-state index in [1.54, 1.807) is 18.2 Å². The highest BCUT2D eigenvalue weighted by Crippen LogP contribution is 2.12. The molecule has 0 atom stereocenters. The van der Waals surface area contributed by atoms with Crippen LogP contribution in [0.5, 0.6) is 5.75 Å². The van der Waals surface area contributed by atoms with E-state index in [9.17, 15) is 9.59 Å². The van der Waals surface area contributed by atoms with E-state index < -0.39 is 11.8 Å². The third kappa shape index (κ3) is 6.36. The van der Waals surface area contributed by atoms with Crippen LogP contribution in [-0.4, -0.2) is 11.8 Å². The van der Waals surface area contributed by atoms with Gasteiger partial charge in [0.15, 0.2) is 0 Å². The summed E-state index contributed by atoms with van der Waals surface area (Å²) in [6, 6.07) is 24.3. The first-order valence-corrected chi connectivity index (χ1v) is 9.22. The average Bonchev–Trinajstić information content (AvgIpc) is 2.76. The maximum atomic E-state index is 12.2. The first-order valence-electron chi connectivity index (χ1n) is 9.22. The molecule has 5 nitrogen and oxygen atoms in total. The van der Waals surface area contributed by atoms with Gasteiger partial charge < -0.3 is 4.74 Å². The predicted octanol–water partition coefficient (Wildman–Crippen LogP) is 4.05. The lowest BCUT2D eigenvalue weighted by Crippen LogP contribution is -2.40. The molecule has 146 valence electrons. The van der Waals surface area contributed by atoms with Gasteiger partial charge in [-0.2, -0.15) is 0 Å². The highest BCUT2D eigenvalue weighted by Gasteiger charge is 2.06. The van der Waals surface area contributed by atoms with Gasteiger partial charge >= 0.3 is 0 Å². The Bertz CT molecular complexity index is 979. The number of nitrogens with one attached hydrogen (secondary N) is 2. The van der Waals surface area contributed by atoms with E-state index in [0.717, 1.165) is 22.4 Å². The van der Waals surface area contributed by atoms with Gasteiger partial charge in [0.05, 0.1) is 0 Å². The minimum absolute atomic E-state index is 0.391. The van der Waals surface area contributed by atoms with Gasteiger partial charge in [0.25, 0.3) is 11.8 Å². The van der Waals surface area contributed by atoms with Crippen molar-refractivity contribution in [3.8, 4) is 5.75 Å². The monoisotopic (exact) mass is 386 g/mol. The quantitative estimate of drug-likeness (QED) is 0.496. The Hall–Kier alpha value is -3.86. The fourth-order valence-electron chi connectivity index (χ4n) is 2.52. The largest absolute Gasteiger partial charge is 0.489 e. The summed E-state index contributed by atoms with van der Waals surface area (Å²) in [5, 5.41) is 0. The number of amides is 2. The molecule has 0 heterocycles. The SMILES string of the molecule is Cc1ccc(/C=C/C(=O)NNC(=O)c2ccc(COc3ccccc3)cc2)cc1. The second-order valence-corrected chi connectivity index (χ2v) is 6.49. The van der Waals surface area contributed by atoms with E-state index in [1.807, 2.05) is 73.7 Å². The number of hydrazine groups is 1. The van der Waals surface area contributed by atoms with Crippen molar-refractivity contribution in [3.63, 3.8) is 0 Å². The maximum Gasteiger partial charge on any atom is 0.269 e. The van der Waals surface area contributed by atoms with Crippen molar-refractivity contribution < 1.29 is 14.3 Å². The molecule has 2 N–H and O–H groups in total. The van der Waals surface area contributed by atoms with Gasteiger partial charge in [-0.25, -0.2) is 0 Å². The number of para-hydroxylation sites is 1. The summed E-state index contributed by atoms with van der Waals surface area (Å²) in [5.74, 6) is -0.0138. The molecule has 3 rings (SSSR count). The van der Waals surface area contributed by atoms with Crippen molar-refractivity contribution in [1.29, 1.82) is 0 Å². The van der Waals surface area contributed by atoms with Gasteiger partial charge in [0.2, 0.25) is 0 Å². The molecule has 0 bridgehead atoms. The minimum atomic E-state index is -0.410. The number of hydrogen-bond donors (Lipinski definition) is 2. The highest BCUT2D eigenvalue weighted by molar-refractivity contribution is 5.97. The van der Waals surface area contributed by atoms with Crippen molar-refractivity contribution in [2.75, 3.05) is 0 Å². The van der Waals surface area contributed by atoms with Crippen molar-refractivity contribution in [2.24, 2.45) is 0 Å². The molecule has 0 radical (unpaired) electrons. The molecular formula is C24H22N2O3. The van der Waals surface area contributed by atoms with Crippen LogP contribution in [0.25, 0.3) is 6.08 Å². The summed E-state index contributed by atoms with van der Waals surface area (Å²) in [6.45, 7) is 2.41. The topological polar surface area (TPSA) is 67.4 Å². The molecule has 0 spiro atoms. The van der Waals surface area contributed by atoms with Crippen molar-refractivity contribution in [2.45, 2.75) is 13.5 Å². The van der Waals surface area contributed by atoms with Gasteiger partial charge in [-0.3, -0.25) is 20.4 Å². The zero-order valence-corrected chi connectivity index (χ0v) is 16.1. The average molecular weight is 386 g/mol. The molecule has 5 heteroatoms. The molecule has 29 heavy (non-hydrogen) atoms. The maximum absolute atomic E-state index is 12.2. The summed E-state index contributed by atoms with van der Waals surface area (Å²) < 4.78 is 5.68. The lowest BCUT2D eigenvalue weighted by molar-refractivity contribution is -0.117. The lowest BCUT2D eigenvalue weighted by atomic mass is 10.1. The number of benzene rings is 3. The van der Waals surface area contributed by atoms with Gasteiger partial charge in [-0.15, -0.1) is 0 Å². The fraction of sp³-hybridized carbons (Fsp3) is 0.0833. The summed E-state index contributed by atoms with van der Waals surface area (Å²) in [6.07, 6.45) is 3.05. The second kappa shape index (κ2) is 9.90. The van der Waals surface area contributed by atoms with Crippen LogP contribution in [0.1, 0.15) is 27.0 Å². The van der Waals surface area contributed by atoms with Gasteiger partial charge in [-0.05, 0) is 48.4 Å². The Balaban J connectivity index is 1.46. The van der Waals surface area contributed by atoms with Crippen molar-refractivity contribution >= 4 is 17.9 Å². The number of carbonyl (C=O) groups is 2. The summed E-state index contributed by atoms with van der Waals surface area (Å²) >= 11 is 0. The van der Waals surface area contributed by atoms with E-state index >= 15 is 0 Å². The molecule has 0 aliphatic rings. The van der Waals surface area contributed by atoms with Gasteiger partial charge in [-0.1, -0.05) is 60.2 Å². The van der Waals surface area contributed by atoms with Crippen LogP contribution in [0, 0.1) is 6.92 Å². The molecule has 0 aromatic heterocycles. The lowest BCUT2D eigenvalue weighted by Gasteiger charge is -2.08. The highest BCUT2D eigenvalue weighted by atomic mass is 16.5. The van der Waals surface area contributed by atoms with Crippen LogP contribution < -0.4 is 15.6 Å². The molecule has 3 aromatic rings. The smallest absolute Gasteiger partial charge is 0.269 e. The minimum Gasteiger partial charge on any atom is -0.489 e. The molecule has 2 amide bonds. The Morgan fingerprint density at radius 3 is 2.24 bits per heavy atom. The van der Waals surface area contributed by atoms with Crippen LogP contribution in [0.4, 0.5) is 0 Å². The van der Waals surface area contributed by atoms with Crippen LogP contribution in [0.3, 0.4) is 0 Å². The summed E-state index contributed by atoms with van der Waals surface area (Å²) in [4.78, 5) is 24.0. The number of hydrogen-bond acceptors (Lipinski definition) is 3. The van der Waals surface area contributed by atoms with E-state index in [1.165, 1.54) is 6.08 Å². The first-order chi connectivity index (χ1) is 14.1. The molecule has 0 unspecified atom stereocenters. The van der Waals surface area contributed by atoms with Crippen LogP contribution in [0.15, 0.2) is 84.9 Å². The van der Waals surface area contributed by atoms with E-state index in [4.69, 9.17) is 4.74 Å². The van der Waals surface area contributed by atoms with E-state index in [2.05, 4.69) is 10.9 Å². The normalized spacial score (nSPS) is 10.5. The fourth-order valence-corrected chi connectivity index (χ4v) is 2.52. The Morgan fingerprint density at radius 2 is 1.55 bits per heavy atom. The molecule has 0 saturated heterocycles. The number of aryl methyl sites for hydroxylation is 1. The number of carbonyl (C=O) groups excluding carboxylic acids is 2. The summed E-state index contributed by atoms with van der Waals surface area (Å²) in [7, 11) is 0. The van der Waals surface area contributed by atoms with Crippen molar-refractivity contribution in [3.05, 3.63) is 107 Å². The number of rotatable bonds is 6. The number of ether oxygens (including phenoxy) is 1. The molecule has 0 aliphatic heterocycles. The third-order valence-corrected chi connectivity index (χ3v) is 4.17. The second-order valence-electron chi connectivity index (χ2n) is 6.49.